The lowest BCUT2D eigenvalue weighted by Gasteiger charge is -2.25. The average Bonchev–Trinajstić information content (AvgIpc) is 2.11. The van der Waals surface area contributed by atoms with Gasteiger partial charge in [0.15, 0.2) is 0 Å². The van der Waals surface area contributed by atoms with E-state index >= 15 is 0 Å². The first-order chi connectivity index (χ1) is 6.82. The molecule has 0 aliphatic heterocycles. The number of amides is 1. The van der Waals surface area contributed by atoms with Gasteiger partial charge in [-0.15, -0.1) is 0 Å². The summed E-state index contributed by atoms with van der Waals surface area (Å²) >= 11 is 20.2. The second-order valence-corrected chi connectivity index (χ2v) is 4.15. The number of carbonyl (C=O) groups excluding carboxylic acids is 1. The van der Waals surface area contributed by atoms with E-state index in [1.165, 1.54) is 0 Å². The zero-order valence-corrected chi connectivity index (χ0v) is 10.7. The minimum Gasteiger partial charge on any atom is -0.480 e. The number of hydrogen-bond donors (Lipinski definition) is 2. The Morgan fingerprint density at radius 2 is 1.87 bits per heavy atom. The van der Waals surface area contributed by atoms with E-state index in [1.54, 1.807) is 0 Å². The third-order valence-corrected chi connectivity index (χ3v) is 2.74. The van der Waals surface area contributed by atoms with Crippen LogP contribution in [0.15, 0.2) is 9.65 Å². The van der Waals surface area contributed by atoms with E-state index in [1.807, 2.05) is 0 Å². The van der Waals surface area contributed by atoms with Gasteiger partial charge in [-0.3, -0.25) is 9.69 Å². The van der Waals surface area contributed by atoms with Crippen LogP contribution in [0.3, 0.4) is 0 Å². The second-order valence-electron chi connectivity index (χ2n) is 2.48. The fraction of sp³-hybridized carbons (Fsp3) is 0.429. The highest BCUT2D eigenvalue weighted by atomic mass is 35.5. The topological polar surface area (TPSA) is 57.6 Å². The number of nitrogens with zero attached hydrogens (tertiary/aromatic N) is 1. The number of carboxylic acids is 1. The molecular weight excluding hydrogens is 285 g/mol. The number of aliphatic carboxylic acids is 1. The second kappa shape index (κ2) is 6.48. The molecule has 0 heterocycles. The fourth-order valence-electron chi connectivity index (χ4n) is 0.856. The molecule has 0 aromatic heterocycles. The molecule has 0 aliphatic rings. The molecule has 0 rings (SSSR count). The number of carbonyl (C=O) groups is 2. The number of hydrogen-bond acceptors (Lipinski definition) is 3. The Hall–Kier alpha value is -0.100. The maximum absolute atomic E-state index is 11.2. The highest BCUT2D eigenvalue weighted by Gasteiger charge is 2.29. The first-order valence-electron chi connectivity index (χ1n) is 3.67. The maximum atomic E-state index is 11.2. The number of thiol groups is 1. The molecule has 0 bridgehead atoms. The summed E-state index contributed by atoms with van der Waals surface area (Å²) in [6.07, 6.45) is 0. The monoisotopic (exact) mass is 291 g/mol. The Labute approximate surface area is 107 Å². The Morgan fingerprint density at radius 3 is 2.07 bits per heavy atom. The van der Waals surface area contributed by atoms with Crippen LogP contribution in [-0.4, -0.2) is 33.7 Å². The Kier molecular flexibility index (Phi) is 6.43. The quantitative estimate of drug-likeness (QED) is 0.616. The predicted molar refractivity (Wildman–Crippen MR) is 62.4 cm³/mol. The predicted octanol–water partition coefficient (Wildman–Crippen LogP) is 2.06. The third-order valence-electron chi connectivity index (χ3n) is 1.48. The van der Waals surface area contributed by atoms with Crippen LogP contribution >= 0.6 is 47.4 Å². The van der Waals surface area contributed by atoms with Crippen LogP contribution < -0.4 is 0 Å². The van der Waals surface area contributed by atoms with Crippen molar-refractivity contribution in [2.24, 2.45) is 0 Å². The largest absolute Gasteiger partial charge is 0.480 e. The van der Waals surface area contributed by atoms with Gasteiger partial charge in [0.05, 0.1) is 0 Å². The van der Waals surface area contributed by atoms with Crippen molar-refractivity contribution in [3.63, 3.8) is 0 Å². The molecule has 0 aliphatic carbocycles. The van der Waals surface area contributed by atoms with Gasteiger partial charge in [-0.25, -0.2) is 4.79 Å². The minimum absolute atomic E-state index is 0.105. The standard InChI is InChI=1S/C7H8Cl3NO3S/c1-3(12)11(6(10)5(8)9)4(2-15)7(13)14/h4,15H,2H2,1H3,(H,13,14). The van der Waals surface area contributed by atoms with Gasteiger partial charge in [0.2, 0.25) is 5.91 Å². The number of carboxylic acid groups (broad SMARTS) is 1. The van der Waals surface area contributed by atoms with Crippen LogP contribution in [0.4, 0.5) is 0 Å². The third kappa shape index (κ3) is 4.10. The van der Waals surface area contributed by atoms with Crippen LogP contribution in [0.5, 0.6) is 0 Å². The van der Waals surface area contributed by atoms with Crippen LogP contribution in [0.1, 0.15) is 6.92 Å². The lowest BCUT2D eigenvalue weighted by Crippen LogP contribution is -2.43. The van der Waals surface area contributed by atoms with Crippen LogP contribution in [0, 0.1) is 0 Å². The maximum Gasteiger partial charge on any atom is 0.327 e. The van der Waals surface area contributed by atoms with Gasteiger partial charge in [0.1, 0.15) is 15.7 Å². The van der Waals surface area contributed by atoms with E-state index in [0.29, 0.717) is 0 Å². The fourth-order valence-corrected chi connectivity index (χ4v) is 1.59. The van der Waals surface area contributed by atoms with Gasteiger partial charge in [-0.05, 0) is 0 Å². The van der Waals surface area contributed by atoms with Crippen LogP contribution in [-0.2, 0) is 9.59 Å². The lowest BCUT2D eigenvalue weighted by molar-refractivity contribution is -0.146. The summed E-state index contributed by atoms with van der Waals surface area (Å²) in [6, 6.07) is -1.20. The highest BCUT2D eigenvalue weighted by molar-refractivity contribution is 7.80. The molecule has 1 amide bonds. The molecule has 0 aromatic rings. The molecule has 86 valence electrons. The molecule has 15 heavy (non-hydrogen) atoms. The molecule has 8 heteroatoms. The zero-order chi connectivity index (χ0) is 12.2. The highest BCUT2D eigenvalue weighted by Crippen LogP contribution is 2.24. The molecule has 0 saturated heterocycles. The van der Waals surface area contributed by atoms with Crippen molar-refractivity contribution in [3.05, 3.63) is 9.65 Å². The summed E-state index contributed by atoms with van der Waals surface area (Å²) < 4.78 is -0.375. The molecule has 1 atom stereocenters. The molecule has 0 spiro atoms. The molecule has 1 N–H and O–H groups in total. The van der Waals surface area contributed by atoms with Crippen molar-refractivity contribution in [2.75, 3.05) is 5.75 Å². The summed E-state index contributed by atoms with van der Waals surface area (Å²) in [6.45, 7) is 1.15. The van der Waals surface area contributed by atoms with Crippen molar-refractivity contribution in [1.82, 2.24) is 4.90 Å². The molecule has 0 saturated carbocycles. The SMILES string of the molecule is CC(=O)N(C(Cl)=C(Cl)Cl)C(CS)C(=O)O. The van der Waals surface area contributed by atoms with Crippen LogP contribution in [0.25, 0.3) is 0 Å². The first kappa shape index (κ1) is 14.9. The normalized spacial score (nSPS) is 11.8. The zero-order valence-electron chi connectivity index (χ0n) is 7.58. The minimum atomic E-state index is -1.24. The van der Waals surface area contributed by atoms with E-state index in [0.717, 1.165) is 11.8 Å². The molecule has 0 fully saturated rings. The van der Waals surface area contributed by atoms with Crippen molar-refractivity contribution in [2.45, 2.75) is 13.0 Å². The van der Waals surface area contributed by atoms with E-state index < -0.39 is 17.9 Å². The van der Waals surface area contributed by atoms with Gasteiger partial charge < -0.3 is 5.11 Å². The number of rotatable bonds is 4. The Morgan fingerprint density at radius 1 is 1.40 bits per heavy atom. The summed E-state index contributed by atoms with van der Waals surface area (Å²) in [5, 5.41) is 8.49. The molecular formula is C7H8Cl3NO3S. The lowest BCUT2D eigenvalue weighted by atomic mass is 10.3. The Balaban J connectivity index is 5.22. The van der Waals surface area contributed by atoms with Crippen molar-refractivity contribution < 1.29 is 14.7 Å². The van der Waals surface area contributed by atoms with Gasteiger partial charge in [-0.1, -0.05) is 34.8 Å². The van der Waals surface area contributed by atoms with Gasteiger partial charge >= 0.3 is 5.97 Å². The van der Waals surface area contributed by atoms with Crippen molar-refractivity contribution in [3.8, 4) is 0 Å². The van der Waals surface area contributed by atoms with Crippen molar-refractivity contribution >= 4 is 59.3 Å². The summed E-state index contributed by atoms with van der Waals surface area (Å²) in [4.78, 5) is 22.8. The van der Waals surface area contributed by atoms with Crippen LogP contribution in [0.2, 0.25) is 0 Å². The van der Waals surface area contributed by atoms with E-state index in [9.17, 15) is 9.59 Å². The molecule has 4 nitrogen and oxygen atoms in total. The first-order valence-corrected chi connectivity index (χ1v) is 5.43. The van der Waals surface area contributed by atoms with Gasteiger partial charge in [-0.2, -0.15) is 12.6 Å². The average molecular weight is 293 g/mol. The smallest absolute Gasteiger partial charge is 0.327 e. The molecule has 1 unspecified atom stereocenters. The molecule has 0 aromatic carbocycles. The Bertz CT molecular complexity index is 304. The summed E-state index contributed by atoms with van der Waals surface area (Å²) in [5.41, 5.74) is 0. The van der Waals surface area contributed by atoms with Gasteiger partial charge in [0.25, 0.3) is 0 Å². The van der Waals surface area contributed by atoms with E-state index in [4.69, 9.17) is 39.9 Å². The summed E-state index contributed by atoms with van der Waals surface area (Å²) in [5.74, 6) is -1.93. The van der Waals surface area contributed by atoms with Gasteiger partial charge in [0, 0.05) is 12.7 Å². The van der Waals surface area contributed by atoms with E-state index in [-0.39, 0.29) is 15.4 Å². The van der Waals surface area contributed by atoms with Crippen molar-refractivity contribution in [1.29, 1.82) is 0 Å². The molecule has 0 radical (unpaired) electrons. The summed E-state index contributed by atoms with van der Waals surface area (Å²) in [7, 11) is 0. The van der Waals surface area contributed by atoms with E-state index in [2.05, 4.69) is 12.6 Å². The number of halogens is 3.